The van der Waals surface area contributed by atoms with E-state index >= 15 is 0 Å². The number of thiophene rings is 1. The number of carbonyl (C=O) groups excluding carboxylic acids is 2. The van der Waals surface area contributed by atoms with Crippen LogP contribution in [0, 0.1) is 5.82 Å². The quantitative estimate of drug-likeness (QED) is 0.468. The minimum absolute atomic E-state index is 0.0509. The molecule has 30 heavy (non-hydrogen) atoms. The Kier molecular flexibility index (Phi) is 5.48. The summed E-state index contributed by atoms with van der Waals surface area (Å²) in [6.07, 6.45) is -0.145. The molecule has 0 bridgehead atoms. The van der Waals surface area contributed by atoms with E-state index in [1.165, 1.54) is 41.0 Å². The monoisotopic (exact) mass is 444 g/mol. The van der Waals surface area contributed by atoms with Crippen LogP contribution in [0.2, 0.25) is 0 Å². The average molecular weight is 445 g/mol. The van der Waals surface area contributed by atoms with Gasteiger partial charge in [0.05, 0.1) is 19.2 Å². The minimum Gasteiger partial charge on any atom is -0.493 e. The number of benzene rings is 1. The smallest absolute Gasteiger partial charge is 0.240 e. The molecule has 1 aliphatic rings. The maximum absolute atomic E-state index is 13.5. The Morgan fingerprint density at radius 3 is 2.77 bits per heavy atom. The van der Waals surface area contributed by atoms with Gasteiger partial charge in [-0.25, -0.2) is 9.37 Å². The van der Waals surface area contributed by atoms with Crippen molar-refractivity contribution in [3.05, 3.63) is 70.3 Å². The lowest BCUT2D eigenvalue weighted by atomic mass is 9.79. The van der Waals surface area contributed by atoms with Crippen LogP contribution in [0.5, 0.6) is 17.4 Å². The number of rotatable bonds is 5. The number of aromatic nitrogens is 1. The van der Waals surface area contributed by atoms with Crippen LogP contribution in [0.3, 0.4) is 0 Å². The molecule has 1 atom stereocenters. The molecule has 0 aliphatic carbocycles. The van der Waals surface area contributed by atoms with Gasteiger partial charge in [-0.1, -0.05) is 18.9 Å². The first-order chi connectivity index (χ1) is 14.4. The Bertz CT molecular complexity index is 1110. The van der Waals surface area contributed by atoms with E-state index in [1.807, 2.05) is 16.8 Å². The van der Waals surface area contributed by atoms with E-state index in [2.05, 4.69) is 17.8 Å². The Labute approximate surface area is 181 Å². The molecule has 1 unspecified atom stereocenters. The molecule has 154 valence electrons. The summed E-state index contributed by atoms with van der Waals surface area (Å²) in [6.45, 7) is 0. The third-order valence-electron chi connectivity index (χ3n) is 4.89. The van der Waals surface area contributed by atoms with Crippen molar-refractivity contribution in [3.8, 4) is 17.4 Å². The number of carbonyl (C=O) groups is 2. The summed E-state index contributed by atoms with van der Waals surface area (Å²) in [5.74, 6) is -0.333. The summed E-state index contributed by atoms with van der Waals surface area (Å²) in [7, 11) is 1.41. The lowest BCUT2D eigenvalue weighted by molar-refractivity contribution is -0.139. The van der Waals surface area contributed by atoms with E-state index in [4.69, 9.17) is 9.47 Å². The summed E-state index contributed by atoms with van der Waals surface area (Å²) >= 11 is 5.89. The van der Waals surface area contributed by atoms with E-state index in [1.54, 1.807) is 18.2 Å². The van der Waals surface area contributed by atoms with Gasteiger partial charge in [-0.15, -0.1) is 0 Å². The first-order valence-electron chi connectivity index (χ1n) is 8.99. The van der Waals surface area contributed by atoms with Gasteiger partial charge in [0, 0.05) is 18.6 Å². The Balaban J connectivity index is 1.79. The van der Waals surface area contributed by atoms with Crippen molar-refractivity contribution in [2.24, 2.45) is 0 Å². The molecule has 4 rings (SSSR count). The number of hydrogen-bond donors (Lipinski definition) is 1. The number of Topliss-reactive ketones (excluding diaryl/α,β-unsaturated/α-hetero) is 1. The number of methoxy groups -OCH3 is 1. The molecule has 1 fully saturated rings. The highest BCUT2D eigenvalue weighted by molar-refractivity contribution is 7.78. The van der Waals surface area contributed by atoms with Gasteiger partial charge in [0.1, 0.15) is 17.1 Å². The lowest BCUT2D eigenvalue weighted by Crippen LogP contribution is -2.51. The molecule has 3 aromatic rings. The molecule has 0 saturated carbocycles. The Morgan fingerprint density at radius 2 is 2.03 bits per heavy atom. The molecule has 1 saturated heterocycles. The van der Waals surface area contributed by atoms with Gasteiger partial charge in [-0.05, 0) is 40.6 Å². The molecule has 1 aliphatic heterocycles. The van der Waals surface area contributed by atoms with Crippen molar-refractivity contribution in [3.63, 3.8) is 0 Å². The van der Waals surface area contributed by atoms with E-state index in [-0.39, 0.29) is 36.0 Å². The number of nitrogens with zero attached hydrogens (tertiary/aromatic N) is 2. The predicted octanol–water partition coefficient (Wildman–Crippen LogP) is 4.36. The van der Waals surface area contributed by atoms with Gasteiger partial charge in [0.15, 0.2) is 11.5 Å². The van der Waals surface area contributed by atoms with Gasteiger partial charge < -0.3 is 9.47 Å². The Morgan fingerprint density at radius 1 is 1.20 bits per heavy atom. The van der Waals surface area contributed by atoms with Gasteiger partial charge in [-0.3, -0.25) is 13.9 Å². The number of pyridine rings is 1. The number of thiol groups is 1. The largest absolute Gasteiger partial charge is 0.493 e. The number of piperidine rings is 1. The fourth-order valence-corrected chi connectivity index (χ4v) is 4.57. The predicted molar refractivity (Wildman–Crippen MR) is 112 cm³/mol. The molecule has 1 amide bonds. The summed E-state index contributed by atoms with van der Waals surface area (Å²) in [5.41, 5.74) is 0.0331. The molecule has 3 heterocycles. The van der Waals surface area contributed by atoms with Crippen LogP contribution in [-0.4, -0.2) is 28.1 Å². The van der Waals surface area contributed by atoms with Crippen molar-refractivity contribution in [1.82, 2.24) is 9.29 Å². The maximum Gasteiger partial charge on any atom is 0.240 e. The van der Waals surface area contributed by atoms with Crippen LogP contribution in [0.15, 0.2) is 53.2 Å². The molecule has 2 aromatic heterocycles. The average Bonchev–Trinajstić information content (AvgIpc) is 3.27. The van der Waals surface area contributed by atoms with Crippen LogP contribution < -0.4 is 9.47 Å². The molecule has 0 spiro atoms. The Hall–Kier alpha value is -2.91. The van der Waals surface area contributed by atoms with Gasteiger partial charge >= 0.3 is 0 Å². The molecule has 0 radical (unpaired) electrons. The van der Waals surface area contributed by atoms with Crippen molar-refractivity contribution in [2.45, 2.75) is 18.4 Å². The molecule has 9 heteroatoms. The van der Waals surface area contributed by atoms with Crippen molar-refractivity contribution in [2.75, 3.05) is 7.11 Å². The second-order valence-corrected chi connectivity index (χ2v) is 7.91. The second kappa shape index (κ2) is 8.08. The van der Waals surface area contributed by atoms with E-state index in [9.17, 15) is 14.0 Å². The van der Waals surface area contributed by atoms with E-state index in [0.717, 1.165) is 5.56 Å². The van der Waals surface area contributed by atoms with Crippen LogP contribution in [0.25, 0.3) is 0 Å². The van der Waals surface area contributed by atoms with Gasteiger partial charge in [0.2, 0.25) is 11.8 Å². The zero-order valence-electron chi connectivity index (χ0n) is 15.9. The molecular weight excluding hydrogens is 427 g/mol. The van der Waals surface area contributed by atoms with Crippen LogP contribution >= 0.6 is 24.2 Å². The molecule has 0 N–H and O–H groups in total. The SMILES string of the molecule is COc1cc(F)ccc1Oc1cccc(C2(c3ccsc3)CC(=O)CC(=O)N2S)n1. The van der Waals surface area contributed by atoms with Gasteiger partial charge in [0.25, 0.3) is 0 Å². The lowest BCUT2D eigenvalue weighted by Gasteiger charge is -2.42. The van der Waals surface area contributed by atoms with Crippen molar-refractivity contribution >= 4 is 35.8 Å². The molecule has 1 aromatic carbocycles. The zero-order chi connectivity index (χ0) is 21.3. The highest BCUT2D eigenvalue weighted by Crippen LogP contribution is 2.44. The number of halogens is 1. The van der Waals surface area contributed by atoms with Crippen LogP contribution in [0.1, 0.15) is 24.1 Å². The van der Waals surface area contributed by atoms with Crippen molar-refractivity contribution < 1.29 is 23.5 Å². The first kappa shape index (κ1) is 20.4. The van der Waals surface area contributed by atoms with Crippen molar-refractivity contribution in [1.29, 1.82) is 0 Å². The number of ketones is 1. The fourth-order valence-electron chi connectivity index (χ4n) is 3.49. The molecule has 6 nitrogen and oxygen atoms in total. The normalized spacial score (nSPS) is 19.1. The summed E-state index contributed by atoms with van der Waals surface area (Å²) in [5, 5.41) is 3.74. The maximum atomic E-state index is 13.5. The van der Waals surface area contributed by atoms with Crippen LogP contribution in [0.4, 0.5) is 4.39 Å². The topological polar surface area (TPSA) is 68.7 Å². The third-order valence-corrected chi connectivity index (χ3v) is 6.13. The number of ether oxygens (including phenoxy) is 2. The standard InChI is InChI=1S/C21H17FN2O4S2/c1-27-17-9-14(22)5-6-16(17)28-19-4-2-3-18(23-19)21(13-7-8-30-12-13)11-15(25)10-20(26)24(21)29/h2-9,12,29H,10-11H2,1H3. The third kappa shape index (κ3) is 3.54. The molecular formula is C21H17FN2O4S2. The first-order valence-corrected chi connectivity index (χ1v) is 10.3. The van der Waals surface area contributed by atoms with E-state index < -0.39 is 17.3 Å². The van der Waals surface area contributed by atoms with Crippen LogP contribution in [-0.2, 0) is 15.1 Å². The second-order valence-electron chi connectivity index (χ2n) is 6.73. The zero-order valence-corrected chi connectivity index (χ0v) is 17.6. The summed E-state index contributed by atoms with van der Waals surface area (Å²) in [6, 6.07) is 10.8. The number of amides is 1. The number of hydrogen-bond acceptors (Lipinski definition) is 7. The fraction of sp³-hybridized carbons (Fsp3) is 0.190. The van der Waals surface area contributed by atoms with Gasteiger partial charge in [-0.2, -0.15) is 11.3 Å². The summed E-state index contributed by atoms with van der Waals surface area (Å²) < 4.78 is 25.7. The van der Waals surface area contributed by atoms with E-state index in [0.29, 0.717) is 5.69 Å². The summed E-state index contributed by atoms with van der Waals surface area (Å²) in [4.78, 5) is 29.5. The minimum atomic E-state index is -1.15. The highest BCUT2D eigenvalue weighted by atomic mass is 32.1. The highest BCUT2D eigenvalue weighted by Gasteiger charge is 2.49.